The van der Waals surface area contributed by atoms with Crippen LogP contribution in [0.25, 0.3) is 10.9 Å². The van der Waals surface area contributed by atoms with Crippen LogP contribution in [0.1, 0.15) is 45.6 Å². The third kappa shape index (κ3) is 9.37. The maximum Gasteiger partial charge on any atom is 0.328 e. The summed E-state index contributed by atoms with van der Waals surface area (Å²) in [6.07, 6.45) is -0.114. The number of amides is 3. The summed E-state index contributed by atoms with van der Waals surface area (Å²) in [7, 11) is 0. The number of aromatic amines is 1. The molecule has 0 saturated carbocycles. The monoisotopic (exact) mass is 547 g/mol. The van der Waals surface area contributed by atoms with Gasteiger partial charge in [-0.1, -0.05) is 32.0 Å². The van der Waals surface area contributed by atoms with Gasteiger partial charge in [-0.15, -0.1) is 0 Å². The van der Waals surface area contributed by atoms with Crippen molar-refractivity contribution in [1.29, 1.82) is 0 Å². The largest absolute Gasteiger partial charge is 0.481 e. The molecule has 39 heavy (non-hydrogen) atoms. The van der Waals surface area contributed by atoms with E-state index in [0.29, 0.717) is 0 Å². The average molecular weight is 548 g/mol. The molecule has 0 bridgehead atoms. The zero-order valence-electron chi connectivity index (χ0n) is 22.1. The number of rotatable bonds is 15. The quantitative estimate of drug-likeness (QED) is 0.148. The predicted octanol–water partition coefficient (Wildman–Crippen LogP) is -0.132. The van der Waals surface area contributed by atoms with E-state index in [1.165, 1.54) is 6.92 Å². The Kier molecular flexibility index (Phi) is 11.4. The molecule has 1 aromatic heterocycles. The zero-order valence-corrected chi connectivity index (χ0v) is 22.1. The van der Waals surface area contributed by atoms with Crippen LogP contribution in [0.2, 0.25) is 0 Å². The molecule has 0 saturated heterocycles. The summed E-state index contributed by atoms with van der Waals surface area (Å²) in [6.45, 7) is 4.76. The van der Waals surface area contributed by atoms with E-state index in [0.717, 1.165) is 16.5 Å². The first-order valence-corrected chi connectivity index (χ1v) is 12.6. The van der Waals surface area contributed by atoms with Crippen molar-refractivity contribution >= 4 is 40.6 Å². The number of hydrogen-bond acceptors (Lipinski definition) is 7. The Morgan fingerprint density at radius 2 is 1.54 bits per heavy atom. The van der Waals surface area contributed by atoms with Crippen molar-refractivity contribution in [1.82, 2.24) is 20.9 Å². The molecule has 1 aromatic carbocycles. The van der Waals surface area contributed by atoms with Gasteiger partial charge in [-0.2, -0.15) is 0 Å². The second kappa shape index (κ2) is 14.3. The number of carbonyl (C=O) groups is 5. The van der Waals surface area contributed by atoms with Gasteiger partial charge in [0.2, 0.25) is 17.7 Å². The van der Waals surface area contributed by atoms with Crippen molar-refractivity contribution in [2.45, 2.75) is 76.7 Å². The number of H-pyrrole nitrogens is 1. The van der Waals surface area contributed by atoms with Gasteiger partial charge in [0.1, 0.15) is 12.1 Å². The normalized spacial score (nSPS) is 15.1. The first-order valence-electron chi connectivity index (χ1n) is 12.6. The molecule has 0 aliphatic heterocycles. The van der Waals surface area contributed by atoms with Crippen LogP contribution in [-0.2, 0) is 30.4 Å². The van der Waals surface area contributed by atoms with Gasteiger partial charge in [-0.3, -0.25) is 19.2 Å². The number of para-hydroxylation sites is 1. The zero-order chi connectivity index (χ0) is 29.3. The van der Waals surface area contributed by atoms with Crippen molar-refractivity contribution in [3.8, 4) is 0 Å². The highest BCUT2D eigenvalue weighted by molar-refractivity contribution is 5.94. The molecule has 0 fully saturated rings. The fourth-order valence-corrected chi connectivity index (χ4v) is 4.06. The molecular formula is C26H37N5O8. The van der Waals surface area contributed by atoms with E-state index in [-0.39, 0.29) is 25.2 Å². The average Bonchev–Trinajstić information content (AvgIpc) is 3.26. The van der Waals surface area contributed by atoms with E-state index < -0.39 is 66.4 Å². The van der Waals surface area contributed by atoms with Crippen LogP contribution in [0.3, 0.4) is 0 Å². The molecule has 13 heteroatoms. The Morgan fingerprint density at radius 1 is 0.923 bits per heavy atom. The van der Waals surface area contributed by atoms with E-state index >= 15 is 0 Å². The first kappa shape index (κ1) is 31.2. The number of carboxylic acid groups (broad SMARTS) is 2. The minimum absolute atomic E-state index is 0.104. The van der Waals surface area contributed by atoms with Crippen LogP contribution in [0.5, 0.6) is 0 Å². The van der Waals surface area contributed by atoms with Crippen LogP contribution in [0.15, 0.2) is 30.5 Å². The molecule has 2 rings (SSSR count). The Bertz CT molecular complexity index is 1180. The van der Waals surface area contributed by atoms with E-state index in [4.69, 9.17) is 10.8 Å². The molecule has 0 aliphatic carbocycles. The fraction of sp³-hybridized carbons (Fsp3) is 0.500. The van der Waals surface area contributed by atoms with E-state index in [9.17, 15) is 34.2 Å². The van der Waals surface area contributed by atoms with E-state index in [1.54, 1.807) is 20.0 Å². The highest BCUT2D eigenvalue weighted by Gasteiger charge is 2.32. The molecule has 3 amide bonds. The lowest BCUT2D eigenvalue weighted by Crippen LogP contribution is -2.58. The highest BCUT2D eigenvalue weighted by Crippen LogP contribution is 2.19. The molecular weight excluding hydrogens is 510 g/mol. The number of nitrogens with two attached hydrogens (primary N) is 1. The summed E-state index contributed by atoms with van der Waals surface area (Å²) in [5, 5.41) is 36.2. The van der Waals surface area contributed by atoms with Gasteiger partial charge in [0.25, 0.3) is 0 Å². The molecule has 1 heterocycles. The number of fused-ring (bicyclic) bond motifs is 1. The Morgan fingerprint density at radius 3 is 2.13 bits per heavy atom. The van der Waals surface area contributed by atoms with Crippen LogP contribution in [0, 0.1) is 5.92 Å². The van der Waals surface area contributed by atoms with Crippen LogP contribution >= 0.6 is 0 Å². The number of benzene rings is 1. The maximum atomic E-state index is 13.1. The van der Waals surface area contributed by atoms with Crippen LogP contribution in [-0.4, -0.2) is 80.2 Å². The summed E-state index contributed by atoms with van der Waals surface area (Å²) < 4.78 is 0. The van der Waals surface area contributed by atoms with Crippen molar-refractivity contribution in [3.05, 3.63) is 36.0 Å². The van der Waals surface area contributed by atoms with Gasteiger partial charge < -0.3 is 42.0 Å². The maximum absolute atomic E-state index is 13.1. The van der Waals surface area contributed by atoms with Gasteiger partial charge >= 0.3 is 11.9 Å². The van der Waals surface area contributed by atoms with Crippen molar-refractivity contribution in [2.75, 3.05) is 0 Å². The summed E-state index contributed by atoms with van der Waals surface area (Å²) in [5.74, 6) is -5.10. The number of carbonyl (C=O) groups excluding carboxylic acids is 3. The number of aliphatic hydroxyl groups is 1. The number of aliphatic hydroxyl groups excluding tert-OH is 1. The second-order valence-electron chi connectivity index (χ2n) is 9.92. The molecule has 9 N–H and O–H groups in total. The van der Waals surface area contributed by atoms with E-state index in [1.807, 2.05) is 24.3 Å². The summed E-state index contributed by atoms with van der Waals surface area (Å²) in [6, 6.07) is 2.28. The number of carboxylic acids is 2. The summed E-state index contributed by atoms with van der Waals surface area (Å²) in [4.78, 5) is 64.6. The lowest BCUT2D eigenvalue weighted by Gasteiger charge is -2.26. The van der Waals surface area contributed by atoms with Gasteiger partial charge in [0, 0.05) is 23.5 Å². The number of aliphatic carboxylic acids is 2. The van der Waals surface area contributed by atoms with Crippen LogP contribution < -0.4 is 21.7 Å². The molecule has 2 aromatic rings. The van der Waals surface area contributed by atoms with Gasteiger partial charge in [-0.05, 0) is 43.7 Å². The fourth-order valence-electron chi connectivity index (χ4n) is 4.06. The molecule has 13 nitrogen and oxygen atoms in total. The van der Waals surface area contributed by atoms with Crippen LogP contribution in [0.4, 0.5) is 0 Å². The standard InChI is InChI=1S/C26H37N5O8/c1-13(2)10-20(25(37)31-22(14(3)32)26(38)39)30-24(36)19(8-9-21(33)34)29-23(35)17(27)11-15-12-28-18-7-5-4-6-16(15)18/h4-7,12-14,17,19-20,22,28,32H,8-11,27H2,1-3H3,(H,29,35)(H,30,36)(H,31,37)(H,33,34)(H,38,39)/t14-,17+,19+,20+,22+/m1/s1. The first-order chi connectivity index (χ1) is 18.3. The molecule has 0 radical (unpaired) electrons. The highest BCUT2D eigenvalue weighted by atomic mass is 16.4. The summed E-state index contributed by atoms with van der Waals surface area (Å²) >= 11 is 0. The number of nitrogens with one attached hydrogen (secondary N) is 4. The van der Waals surface area contributed by atoms with Gasteiger partial charge in [-0.25, -0.2) is 4.79 Å². The molecule has 0 spiro atoms. The van der Waals surface area contributed by atoms with Crippen molar-refractivity contribution < 1.29 is 39.3 Å². The molecule has 5 atom stereocenters. The van der Waals surface area contributed by atoms with Gasteiger partial charge in [0.05, 0.1) is 12.1 Å². The minimum atomic E-state index is -1.60. The third-order valence-electron chi connectivity index (χ3n) is 6.12. The Balaban J connectivity index is 2.16. The lowest BCUT2D eigenvalue weighted by atomic mass is 10.0. The predicted molar refractivity (Wildman–Crippen MR) is 141 cm³/mol. The SMILES string of the molecule is CC(C)C[C@H](NC(=O)[C@H](CCC(=O)O)NC(=O)[C@@H](N)Cc1c[nH]c2ccccc12)C(=O)N[C@H](C(=O)O)[C@@H](C)O. The Hall–Kier alpha value is -3.97. The molecule has 0 aliphatic rings. The summed E-state index contributed by atoms with van der Waals surface area (Å²) in [5.41, 5.74) is 7.77. The van der Waals surface area contributed by atoms with Crippen molar-refractivity contribution in [2.24, 2.45) is 11.7 Å². The lowest BCUT2D eigenvalue weighted by molar-refractivity contribution is -0.145. The second-order valence-corrected chi connectivity index (χ2v) is 9.92. The smallest absolute Gasteiger partial charge is 0.328 e. The number of aromatic nitrogens is 1. The van der Waals surface area contributed by atoms with E-state index in [2.05, 4.69) is 20.9 Å². The number of hydrogen-bond donors (Lipinski definition) is 8. The van der Waals surface area contributed by atoms with Gasteiger partial charge in [0.15, 0.2) is 6.04 Å². The molecule has 0 unspecified atom stereocenters. The topological polar surface area (TPSA) is 224 Å². The molecule has 214 valence electrons. The van der Waals surface area contributed by atoms with Crippen molar-refractivity contribution in [3.63, 3.8) is 0 Å². The third-order valence-corrected chi connectivity index (χ3v) is 6.12. The minimum Gasteiger partial charge on any atom is -0.481 e. The Labute approximate surface area is 225 Å².